The fourth-order valence-electron chi connectivity index (χ4n) is 3.74. The van der Waals surface area contributed by atoms with Crippen molar-refractivity contribution in [2.45, 2.75) is 25.8 Å². The van der Waals surface area contributed by atoms with Crippen LogP contribution in [0.4, 0.5) is 5.69 Å². The van der Waals surface area contributed by atoms with Crippen LogP contribution in [0.5, 0.6) is 5.75 Å². The topological polar surface area (TPSA) is 19.0 Å². The van der Waals surface area contributed by atoms with Crippen LogP contribution in [-0.4, -0.2) is 68.8 Å². The number of rotatable bonds is 4. The van der Waals surface area contributed by atoms with E-state index in [1.54, 1.807) is 7.11 Å². The van der Waals surface area contributed by atoms with Crippen LogP contribution in [0.25, 0.3) is 0 Å². The minimum Gasteiger partial charge on any atom is -0.497 e. The molecule has 2 fully saturated rings. The predicted octanol–water partition coefficient (Wildman–Crippen LogP) is 2.30. The molecule has 0 spiro atoms. The summed E-state index contributed by atoms with van der Waals surface area (Å²) >= 11 is 0. The van der Waals surface area contributed by atoms with Crippen LogP contribution in [-0.2, 0) is 0 Å². The van der Waals surface area contributed by atoms with E-state index >= 15 is 0 Å². The number of hydrogen-bond acceptors (Lipinski definition) is 4. The third-order valence-electron chi connectivity index (χ3n) is 5.25. The molecule has 4 nitrogen and oxygen atoms in total. The summed E-state index contributed by atoms with van der Waals surface area (Å²) in [7, 11) is 1.74. The SMILES string of the molecule is CCN1CCN(C2CCN(c3cccc(OC)c3)CC2)CC1. The summed E-state index contributed by atoms with van der Waals surface area (Å²) in [4.78, 5) is 7.78. The van der Waals surface area contributed by atoms with Gasteiger partial charge < -0.3 is 14.5 Å². The zero-order chi connectivity index (χ0) is 15.4. The Morgan fingerprint density at radius 1 is 1.05 bits per heavy atom. The highest BCUT2D eigenvalue weighted by Crippen LogP contribution is 2.26. The monoisotopic (exact) mass is 303 g/mol. The largest absolute Gasteiger partial charge is 0.497 e. The number of methoxy groups -OCH3 is 1. The molecule has 0 amide bonds. The third-order valence-corrected chi connectivity index (χ3v) is 5.25. The quantitative estimate of drug-likeness (QED) is 0.849. The predicted molar refractivity (Wildman–Crippen MR) is 91.9 cm³/mol. The summed E-state index contributed by atoms with van der Waals surface area (Å²) in [6.45, 7) is 10.8. The van der Waals surface area contributed by atoms with Gasteiger partial charge in [-0.1, -0.05) is 13.0 Å². The zero-order valence-corrected chi connectivity index (χ0v) is 14.0. The second kappa shape index (κ2) is 7.34. The van der Waals surface area contributed by atoms with Gasteiger partial charge >= 0.3 is 0 Å². The molecule has 122 valence electrons. The van der Waals surface area contributed by atoms with E-state index in [0.717, 1.165) is 24.9 Å². The summed E-state index contributed by atoms with van der Waals surface area (Å²) in [6.07, 6.45) is 2.56. The molecule has 0 saturated carbocycles. The Hall–Kier alpha value is -1.26. The Labute approximate surface area is 134 Å². The van der Waals surface area contributed by atoms with Gasteiger partial charge in [-0.3, -0.25) is 4.90 Å². The Bertz CT molecular complexity index is 463. The van der Waals surface area contributed by atoms with Crippen molar-refractivity contribution in [2.24, 2.45) is 0 Å². The van der Waals surface area contributed by atoms with Crippen molar-refractivity contribution < 1.29 is 4.74 Å². The van der Waals surface area contributed by atoms with Crippen LogP contribution in [0.15, 0.2) is 24.3 Å². The van der Waals surface area contributed by atoms with Gasteiger partial charge in [0.1, 0.15) is 5.75 Å². The van der Waals surface area contributed by atoms with E-state index < -0.39 is 0 Å². The van der Waals surface area contributed by atoms with Crippen LogP contribution in [0.3, 0.4) is 0 Å². The zero-order valence-electron chi connectivity index (χ0n) is 14.0. The first-order chi connectivity index (χ1) is 10.8. The van der Waals surface area contributed by atoms with E-state index in [2.05, 4.69) is 39.8 Å². The van der Waals surface area contributed by atoms with Gasteiger partial charge in [0.15, 0.2) is 0 Å². The van der Waals surface area contributed by atoms with Crippen molar-refractivity contribution in [1.82, 2.24) is 9.80 Å². The molecule has 3 rings (SSSR count). The molecule has 0 aliphatic carbocycles. The summed E-state index contributed by atoms with van der Waals surface area (Å²) in [5.74, 6) is 0.954. The number of hydrogen-bond donors (Lipinski definition) is 0. The van der Waals surface area contributed by atoms with Gasteiger partial charge in [0.05, 0.1) is 7.11 Å². The molecule has 0 radical (unpaired) electrons. The molecule has 0 aromatic heterocycles. The minimum atomic E-state index is 0.779. The highest BCUT2D eigenvalue weighted by atomic mass is 16.5. The third kappa shape index (κ3) is 3.55. The Morgan fingerprint density at radius 3 is 2.41 bits per heavy atom. The minimum absolute atomic E-state index is 0.779. The lowest BCUT2D eigenvalue weighted by atomic mass is 10.0. The van der Waals surface area contributed by atoms with Gasteiger partial charge in [0.2, 0.25) is 0 Å². The van der Waals surface area contributed by atoms with E-state index in [4.69, 9.17) is 4.74 Å². The van der Waals surface area contributed by atoms with Crippen molar-refractivity contribution in [3.8, 4) is 5.75 Å². The van der Waals surface area contributed by atoms with Crippen molar-refractivity contribution in [3.05, 3.63) is 24.3 Å². The normalized spacial score (nSPS) is 22.0. The standard InChI is InChI=1S/C18H29N3O/c1-3-19-11-13-21(14-12-19)16-7-9-20(10-8-16)17-5-4-6-18(15-17)22-2/h4-6,15-16H,3,7-14H2,1-2H3. The van der Waals surface area contributed by atoms with Crippen molar-refractivity contribution >= 4 is 5.69 Å². The van der Waals surface area contributed by atoms with E-state index in [1.807, 2.05) is 6.07 Å². The van der Waals surface area contributed by atoms with Gasteiger partial charge in [-0.2, -0.15) is 0 Å². The molecule has 1 aromatic carbocycles. The van der Waals surface area contributed by atoms with E-state index in [0.29, 0.717) is 0 Å². The Balaban J connectivity index is 1.52. The highest BCUT2D eigenvalue weighted by Gasteiger charge is 2.27. The van der Waals surface area contributed by atoms with Crippen LogP contribution >= 0.6 is 0 Å². The molecular weight excluding hydrogens is 274 g/mol. The number of piperidine rings is 1. The summed E-state index contributed by atoms with van der Waals surface area (Å²) in [5.41, 5.74) is 1.30. The molecule has 0 unspecified atom stereocenters. The number of likely N-dealkylation sites (N-methyl/N-ethyl adjacent to an activating group) is 1. The molecule has 2 saturated heterocycles. The van der Waals surface area contributed by atoms with Crippen LogP contribution in [0, 0.1) is 0 Å². The summed E-state index contributed by atoms with van der Waals surface area (Å²) in [5, 5.41) is 0. The maximum absolute atomic E-state index is 5.34. The Kier molecular flexibility index (Phi) is 5.21. The molecule has 4 heteroatoms. The molecule has 1 aromatic rings. The van der Waals surface area contributed by atoms with Crippen molar-refractivity contribution in [1.29, 1.82) is 0 Å². The molecule has 2 aliphatic heterocycles. The lowest BCUT2D eigenvalue weighted by Gasteiger charge is -2.43. The first-order valence-corrected chi connectivity index (χ1v) is 8.65. The van der Waals surface area contributed by atoms with E-state index in [9.17, 15) is 0 Å². The second-order valence-electron chi connectivity index (χ2n) is 6.39. The highest BCUT2D eigenvalue weighted by molar-refractivity contribution is 5.51. The molecule has 2 heterocycles. The van der Waals surface area contributed by atoms with E-state index in [-0.39, 0.29) is 0 Å². The molecule has 2 aliphatic rings. The van der Waals surface area contributed by atoms with E-state index in [1.165, 1.54) is 51.3 Å². The molecule has 22 heavy (non-hydrogen) atoms. The average Bonchev–Trinajstić information content (AvgIpc) is 2.62. The average molecular weight is 303 g/mol. The molecule has 0 atom stereocenters. The van der Waals surface area contributed by atoms with Gasteiger partial charge in [0.25, 0.3) is 0 Å². The summed E-state index contributed by atoms with van der Waals surface area (Å²) in [6, 6.07) is 9.23. The van der Waals surface area contributed by atoms with Gasteiger partial charge in [-0.25, -0.2) is 0 Å². The lowest BCUT2D eigenvalue weighted by Crippen LogP contribution is -2.53. The maximum Gasteiger partial charge on any atom is 0.120 e. The fraction of sp³-hybridized carbons (Fsp3) is 0.667. The smallest absolute Gasteiger partial charge is 0.120 e. The molecule has 0 N–H and O–H groups in total. The van der Waals surface area contributed by atoms with Crippen LogP contribution in [0.1, 0.15) is 19.8 Å². The first kappa shape index (κ1) is 15.6. The van der Waals surface area contributed by atoms with Gasteiger partial charge in [0, 0.05) is 57.1 Å². The van der Waals surface area contributed by atoms with Crippen molar-refractivity contribution in [2.75, 3.05) is 57.8 Å². The van der Waals surface area contributed by atoms with Crippen molar-refractivity contribution in [3.63, 3.8) is 0 Å². The lowest BCUT2D eigenvalue weighted by molar-refractivity contribution is 0.0878. The first-order valence-electron chi connectivity index (χ1n) is 8.65. The number of ether oxygens (including phenoxy) is 1. The Morgan fingerprint density at radius 2 is 1.77 bits per heavy atom. The van der Waals surface area contributed by atoms with Gasteiger partial charge in [-0.15, -0.1) is 0 Å². The molecule has 0 bridgehead atoms. The van der Waals surface area contributed by atoms with Crippen LogP contribution < -0.4 is 9.64 Å². The number of nitrogens with zero attached hydrogens (tertiary/aromatic N) is 3. The summed E-state index contributed by atoms with van der Waals surface area (Å²) < 4.78 is 5.34. The van der Waals surface area contributed by atoms with Gasteiger partial charge in [-0.05, 0) is 31.5 Å². The fourth-order valence-corrected chi connectivity index (χ4v) is 3.74. The molecular formula is C18H29N3O. The number of benzene rings is 1. The second-order valence-corrected chi connectivity index (χ2v) is 6.39. The number of piperazine rings is 1. The maximum atomic E-state index is 5.34. The number of anilines is 1. The van der Waals surface area contributed by atoms with Crippen LogP contribution in [0.2, 0.25) is 0 Å².